The van der Waals surface area contributed by atoms with Crippen LogP contribution in [-0.2, 0) is 6.18 Å². The molecule has 100 valence electrons. The van der Waals surface area contributed by atoms with Crippen LogP contribution in [0.15, 0.2) is 30.3 Å². The summed E-state index contributed by atoms with van der Waals surface area (Å²) in [6, 6.07) is 8.55. The van der Waals surface area contributed by atoms with Crippen LogP contribution in [0.3, 0.4) is 0 Å². The summed E-state index contributed by atoms with van der Waals surface area (Å²) in [5.74, 6) is 0.212. The van der Waals surface area contributed by atoms with Gasteiger partial charge in [0.25, 0.3) is 0 Å². The van der Waals surface area contributed by atoms with Crippen LogP contribution in [0, 0.1) is 6.92 Å². The van der Waals surface area contributed by atoms with Crippen molar-refractivity contribution in [3.8, 4) is 5.69 Å². The Kier molecular flexibility index (Phi) is 2.66. The number of hydrogen-bond donors (Lipinski definition) is 0. The Morgan fingerprint density at radius 3 is 2.53 bits per heavy atom. The normalized spacial score (nSPS) is 15.8. The van der Waals surface area contributed by atoms with E-state index in [1.807, 2.05) is 25.1 Å². The molecule has 0 radical (unpaired) electrons. The molecule has 1 aliphatic carbocycles. The van der Waals surface area contributed by atoms with Crippen molar-refractivity contribution in [2.75, 3.05) is 0 Å². The molecule has 1 fully saturated rings. The molecule has 5 heteroatoms. The number of hydrogen-bond acceptors (Lipinski definition) is 1. The second-order valence-corrected chi connectivity index (χ2v) is 4.98. The third-order valence-corrected chi connectivity index (χ3v) is 3.27. The summed E-state index contributed by atoms with van der Waals surface area (Å²) in [5.41, 5.74) is 1.55. The van der Waals surface area contributed by atoms with E-state index in [4.69, 9.17) is 0 Å². The van der Waals surface area contributed by atoms with Crippen LogP contribution >= 0.6 is 0 Å². The zero-order chi connectivity index (χ0) is 13.6. The third-order valence-electron chi connectivity index (χ3n) is 3.27. The van der Waals surface area contributed by atoms with Gasteiger partial charge in [-0.3, -0.25) is 0 Å². The van der Waals surface area contributed by atoms with Crippen LogP contribution < -0.4 is 0 Å². The highest BCUT2D eigenvalue weighted by Gasteiger charge is 2.38. The summed E-state index contributed by atoms with van der Waals surface area (Å²) >= 11 is 0. The van der Waals surface area contributed by atoms with Gasteiger partial charge in [0.05, 0.1) is 5.69 Å². The van der Waals surface area contributed by atoms with Crippen LogP contribution in [-0.4, -0.2) is 9.78 Å². The molecule has 3 rings (SSSR count). The van der Waals surface area contributed by atoms with Gasteiger partial charge in [-0.25, -0.2) is 4.68 Å². The minimum atomic E-state index is -4.39. The Labute approximate surface area is 108 Å². The Balaban J connectivity index is 2.11. The van der Waals surface area contributed by atoms with Gasteiger partial charge in [0.15, 0.2) is 5.69 Å². The number of halogens is 3. The summed E-state index contributed by atoms with van der Waals surface area (Å²) in [6.07, 6.45) is -2.51. The van der Waals surface area contributed by atoms with Crippen LogP contribution in [0.5, 0.6) is 0 Å². The van der Waals surface area contributed by atoms with Crippen molar-refractivity contribution >= 4 is 0 Å². The molecule has 0 bridgehead atoms. The predicted molar refractivity (Wildman–Crippen MR) is 65.3 cm³/mol. The highest BCUT2D eigenvalue weighted by Crippen LogP contribution is 2.42. The molecule has 0 atom stereocenters. The first-order valence-corrected chi connectivity index (χ1v) is 6.19. The van der Waals surface area contributed by atoms with E-state index in [2.05, 4.69) is 5.10 Å². The summed E-state index contributed by atoms with van der Waals surface area (Å²) in [6.45, 7) is 1.91. The van der Waals surface area contributed by atoms with E-state index in [9.17, 15) is 13.2 Å². The second-order valence-electron chi connectivity index (χ2n) is 4.98. The largest absolute Gasteiger partial charge is 0.435 e. The molecule has 19 heavy (non-hydrogen) atoms. The predicted octanol–water partition coefficient (Wildman–Crippen LogP) is 4.08. The van der Waals surface area contributed by atoms with Crippen molar-refractivity contribution in [1.29, 1.82) is 0 Å². The van der Waals surface area contributed by atoms with Gasteiger partial charge in [-0.1, -0.05) is 12.1 Å². The van der Waals surface area contributed by atoms with Crippen molar-refractivity contribution in [3.05, 3.63) is 47.3 Å². The Morgan fingerprint density at radius 1 is 1.21 bits per heavy atom. The Hall–Kier alpha value is -1.78. The lowest BCUT2D eigenvalue weighted by atomic mass is 10.2. The van der Waals surface area contributed by atoms with Crippen LogP contribution in [0.25, 0.3) is 5.69 Å². The molecular formula is C14H13F3N2. The molecule has 0 spiro atoms. The molecular weight excluding hydrogens is 253 g/mol. The van der Waals surface area contributed by atoms with E-state index in [0.29, 0.717) is 11.4 Å². The quantitative estimate of drug-likeness (QED) is 0.801. The lowest BCUT2D eigenvalue weighted by molar-refractivity contribution is -0.141. The lowest BCUT2D eigenvalue weighted by Gasteiger charge is -2.07. The number of aryl methyl sites for hydroxylation is 1. The molecule has 1 heterocycles. The van der Waals surface area contributed by atoms with Crippen molar-refractivity contribution < 1.29 is 13.2 Å². The minimum absolute atomic E-state index is 0.212. The van der Waals surface area contributed by atoms with Gasteiger partial charge < -0.3 is 0 Å². The maximum absolute atomic E-state index is 12.8. The third kappa shape index (κ3) is 2.37. The van der Waals surface area contributed by atoms with Gasteiger partial charge in [0.2, 0.25) is 0 Å². The molecule has 0 unspecified atom stereocenters. The summed E-state index contributed by atoms with van der Waals surface area (Å²) in [5, 5.41) is 3.75. The molecule has 0 N–H and O–H groups in total. The fourth-order valence-electron chi connectivity index (χ4n) is 2.17. The first-order chi connectivity index (χ1) is 8.95. The topological polar surface area (TPSA) is 17.8 Å². The summed E-state index contributed by atoms with van der Waals surface area (Å²) < 4.78 is 39.8. The number of alkyl halides is 3. The van der Waals surface area contributed by atoms with Crippen LogP contribution in [0.2, 0.25) is 0 Å². The standard InChI is InChI=1S/C14H13F3N2/c1-9-3-2-4-11(7-9)19-12(10-5-6-10)8-13(18-19)14(15,16)17/h2-4,7-8,10H,5-6H2,1H3. The van der Waals surface area contributed by atoms with Gasteiger partial charge in [0.1, 0.15) is 0 Å². The zero-order valence-electron chi connectivity index (χ0n) is 10.4. The molecule has 0 aliphatic heterocycles. The minimum Gasteiger partial charge on any atom is -0.237 e. The van der Waals surface area contributed by atoms with Crippen molar-refractivity contribution in [2.45, 2.75) is 31.9 Å². The van der Waals surface area contributed by atoms with Gasteiger partial charge in [-0.15, -0.1) is 0 Å². The van der Waals surface area contributed by atoms with E-state index < -0.39 is 11.9 Å². The lowest BCUT2D eigenvalue weighted by Crippen LogP contribution is -2.07. The van der Waals surface area contributed by atoms with Crippen LogP contribution in [0.4, 0.5) is 13.2 Å². The maximum Gasteiger partial charge on any atom is 0.435 e. The molecule has 0 saturated heterocycles. The second kappa shape index (κ2) is 4.11. The average Bonchev–Trinajstić information content (AvgIpc) is 3.06. The van der Waals surface area contributed by atoms with Crippen molar-refractivity contribution in [2.24, 2.45) is 0 Å². The van der Waals surface area contributed by atoms with E-state index in [0.717, 1.165) is 18.4 Å². The van der Waals surface area contributed by atoms with Gasteiger partial charge in [-0.05, 0) is 43.5 Å². The number of aromatic nitrogens is 2. The molecule has 1 saturated carbocycles. The van der Waals surface area contributed by atoms with E-state index in [1.165, 1.54) is 10.7 Å². The molecule has 2 nitrogen and oxygen atoms in total. The van der Waals surface area contributed by atoms with Crippen molar-refractivity contribution in [3.63, 3.8) is 0 Å². The van der Waals surface area contributed by atoms with Gasteiger partial charge in [0, 0.05) is 11.6 Å². The van der Waals surface area contributed by atoms with Crippen molar-refractivity contribution in [1.82, 2.24) is 9.78 Å². The van der Waals surface area contributed by atoms with Crippen LogP contribution in [0.1, 0.15) is 35.7 Å². The highest BCUT2D eigenvalue weighted by molar-refractivity contribution is 5.38. The number of benzene rings is 1. The first-order valence-electron chi connectivity index (χ1n) is 6.19. The monoisotopic (exact) mass is 266 g/mol. The smallest absolute Gasteiger partial charge is 0.237 e. The van der Waals surface area contributed by atoms with E-state index in [-0.39, 0.29) is 5.92 Å². The fraction of sp³-hybridized carbons (Fsp3) is 0.357. The SMILES string of the molecule is Cc1cccc(-n2nc(C(F)(F)F)cc2C2CC2)c1. The first kappa shape index (κ1) is 12.3. The summed E-state index contributed by atoms with van der Waals surface area (Å²) in [4.78, 5) is 0. The molecule has 1 aliphatic rings. The highest BCUT2D eigenvalue weighted by atomic mass is 19.4. The summed E-state index contributed by atoms with van der Waals surface area (Å²) in [7, 11) is 0. The van der Waals surface area contributed by atoms with Gasteiger partial charge >= 0.3 is 6.18 Å². The molecule has 1 aromatic heterocycles. The number of rotatable bonds is 2. The Bertz CT molecular complexity index is 609. The van der Waals surface area contributed by atoms with E-state index in [1.54, 1.807) is 6.07 Å². The average molecular weight is 266 g/mol. The number of nitrogens with zero attached hydrogens (tertiary/aromatic N) is 2. The van der Waals surface area contributed by atoms with E-state index >= 15 is 0 Å². The maximum atomic E-state index is 12.8. The molecule has 0 amide bonds. The zero-order valence-corrected chi connectivity index (χ0v) is 10.4. The molecule has 2 aromatic rings. The van der Waals surface area contributed by atoms with Gasteiger partial charge in [-0.2, -0.15) is 18.3 Å². The molecule has 1 aromatic carbocycles. The fourth-order valence-corrected chi connectivity index (χ4v) is 2.17. The Morgan fingerprint density at radius 2 is 1.95 bits per heavy atom.